The summed E-state index contributed by atoms with van der Waals surface area (Å²) in [7, 11) is 0. The largest absolute Gasteiger partial charge is 0.317 e. The molecule has 3 aromatic rings. The van der Waals surface area contributed by atoms with E-state index < -0.39 is 0 Å². The van der Waals surface area contributed by atoms with Gasteiger partial charge in [-0.3, -0.25) is 4.79 Å². The Hall–Kier alpha value is -2.26. The van der Waals surface area contributed by atoms with Crippen LogP contribution in [0, 0.1) is 11.3 Å². The van der Waals surface area contributed by atoms with Crippen LogP contribution in [0.2, 0.25) is 5.02 Å². The molecule has 0 saturated heterocycles. The molecule has 0 atom stereocenters. The summed E-state index contributed by atoms with van der Waals surface area (Å²) in [5, 5.41) is 14.0. The average molecular weight is 425 g/mol. The van der Waals surface area contributed by atoms with Gasteiger partial charge in [-0.25, -0.2) is 0 Å². The van der Waals surface area contributed by atoms with Gasteiger partial charge in [0.25, 0.3) is 0 Å². The number of anilines is 1. The Labute approximate surface area is 177 Å². The Balaban J connectivity index is 1.45. The lowest BCUT2D eigenvalue weighted by Gasteiger charge is -2.15. The van der Waals surface area contributed by atoms with Gasteiger partial charge in [0.15, 0.2) is 0 Å². The number of amides is 1. The number of thioether (sulfide) groups is 1. The van der Waals surface area contributed by atoms with E-state index in [-0.39, 0.29) is 5.91 Å². The molecule has 2 aromatic carbocycles. The minimum absolute atomic E-state index is 0.0650. The highest BCUT2D eigenvalue weighted by molar-refractivity contribution is 7.99. The standard InChI is InChI=1S/C22H17ClN2OS2/c23-15-6-8-16(9-7-15)27-12-11-20(26)25-22-19(13-24)18-10-5-14-3-1-2-4-17(14)21(18)28-22/h1-4,6-9H,5,10-12H2,(H,25,26). The van der Waals surface area contributed by atoms with Crippen LogP contribution < -0.4 is 5.32 Å². The SMILES string of the molecule is N#Cc1c(NC(=O)CCSc2ccc(Cl)cc2)sc2c1CCc1ccccc1-2. The molecule has 0 unspecified atom stereocenters. The molecule has 1 amide bonds. The van der Waals surface area contributed by atoms with E-state index in [9.17, 15) is 10.1 Å². The first-order valence-electron chi connectivity index (χ1n) is 8.98. The molecular formula is C22H17ClN2OS2. The molecule has 6 heteroatoms. The zero-order chi connectivity index (χ0) is 19.5. The van der Waals surface area contributed by atoms with Crippen molar-refractivity contribution in [1.29, 1.82) is 5.26 Å². The van der Waals surface area contributed by atoms with E-state index in [0.717, 1.165) is 28.2 Å². The van der Waals surface area contributed by atoms with Crippen molar-refractivity contribution < 1.29 is 4.79 Å². The molecule has 0 bridgehead atoms. The van der Waals surface area contributed by atoms with Crippen LogP contribution >= 0.6 is 34.7 Å². The van der Waals surface area contributed by atoms with Crippen molar-refractivity contribution in [3.63, 3.8) is 0 Å². The fourth-order valence-corrected chi connectivity index (χ4v) is 5.58. The molecule has 140 valence electrons. The van der Waals surface area contributed by atoms with Gasteiger partial charge >= 0.3 is 0 Å². The first-order chi connectivity index (χ1) is 13.7. The maximum atomic E-state index is 12.4. The highest BCUT2D eigenvalue weighted by Crippen LogP contribution is 2.44. The lowest BCUT2D eigenvalue weighted by Crippen LogP contribution is -2.12. The monoisotopic (exact) mass is 424 g/mol. The van der Waals surface area contributed by atoms with Gasteiger partial charge in [-0.1, -0.05) is 35.9 Å². The predicted octanol–water partition coefficient (Wildman–Crippen LogP) is 6.16. The lowest BCUT2D eigenvalue weighted by molar-refractivity contribution is -0.115. The highest BCUT2D eigenvalue weighted by atomic mass is 35.5. The molecule has 3 nitrogen and oxygen atoms in total. The van der Waals surface area contributed by atoms with Gasteiger partial charge in [-0.2, -0.15) is 5.26 Å². The fraction of sp³-hybridized carbons (Fsp3) is 0.182. The summed E-state index contributed by atoms with van der Waals surface area (Å²) in [6, 6.07) is 18.2. The number of fused-ring (bicyclic) bond motifs is 3. The van der Waals surface area contributed by atoms with Crippen molar-refractivity contribution in [2.75, 3.05) is 11.1 Å². The summed E-state index contributed by atoms with van der Waals surface area (Å²) in [5.74, 6) is 0.605. The van der Waals surface area contributed by atoms with Crippen LogP contribution in [-0.2, 0) is 17.6 Å². The highest BCUT2D eigenvalue weighted by Gasteiger charge is 2.25. The third-order valence-corrected chi connectivity index (χ3v) is 7.14. The molecule has 1 aliphatic carbocycles. The smallest absolute Gasteiger partial charge is 0.225 e. The molecule has 28 heavy (non-hydrogen) atoms. The molecule has 1 aliphatic rings. The maximum Gasteiger partial charge on any atom is 0.225 e. The number of rotatable bonds is 5. The van der Waals surface area contributed by atoms with Gasteiger partial charge in [0.2, 0.25) is 5.91 Å². The van der Waals surface area contributed by atoms with Crippen molar-refractivity contribution in [1.82, 2.24) is 0 Å². The molecule has 0 aliphatic heterocycles. The first kappa shape index (κ1) is 19.1. The second kappa shape index (κ2) is 8.40. The maximum absolute atomic E-state index is 12.4. The van der Waals surface area contributed by atoms with Crippen LogP contribution in [0.5, 0.6) is 0 Å². The number of nitrogens with zero attached hydrogens (tertiary/aromatic N) is 1. The number of hydrogen-bond donors (Lipinski definition) is 1. The van der Waals surface area contributed by atoms with Crippen molar-refractivity contribution in [3.05, 3.63) is 70.2 Å². The summed E-state index contributed by atoms with van der Waals surface area (Å²) >= 11 is 9.02. The van der Waals surface area contributed by atoms with Crippen LogP contribution in [0.3, 0.4) is 0 Å². The van der Waals surface area contributed by atoms with Gasteiger partial charge in [0.05, 0.1) is 5.56 Å². The molecule has 1 aromatic heterocycles. The average Bonchev–Trinajstić information content (AvgIpc) is 3.07. The fourth-order valence-electron chi connectivity index (χ4n) is 3.33. The third-order valence-electron chi connectivity index (χ3n) is 4.69. The zero-order valence-corrected chi connectivity index (χ0v) is 17.4. The number of hydrogen-bond acceptors (Lipinski definition) is 4. The molecule has 4 rings (SSSR count). The van der Waals surface area contributed by atoms with Crippen molar-refractivity contribution >= 4 is 45.6 Å². The number of nitrogens with one attached hydrogen (secondary N) is 1. The van der Waals surface area contributed by atoms with E-state index in [1.807, 2.05) is 36.4 Å². The molecule has 0 fully saturated rings. The summed E-state index contributed by atoms with van der Waals surface area (Å²) in [5.41, 5.74) is 4.17. The van der Waals surface area contributed by atoms with Gasteiger partial charge in [-0.15, -0.1) is 23.1 Å². The van der Waals surface area contributed by atoms with E-state index in [1.165, 1.54) is 22.5 Å². The van der Waals surface area contributed by atoms with Crippen molar-refractivity contribution in [2.45, 2.75) is 24.2 Å². The first-order valence-corrected chi connectivity index (χ1v) is 11.2. The Morgan fingerprint density at radius 1 is 1.18 bits per heavy atom. The minimum Gasteiger partial charge on any atom is -0.317 e. The van der Waals surface area contributed by atoms with Crippen molar-refractivity contribution in [3.8, 4) is 16.5 Å². The van der Waals surface area contributed by atoms with E-state index in [2.05, 4.69) is 23.5 Å². The van der Waals surface area contributed by atoms with Gasteiger partial charge < -0.3 is 5.32 Å². The molecule has 0 saturated carbocycles. The third kappa shape index (κ3) is 3.95. The van der Waals surface area contributed by atoms with E-state index >= 15 is 0 Å². The predicted molar refractivity (Wildman–Crippen MR) is 117 cm³/mol. The summed E-state index contributed by atoms with van der Waals surface area (Å²) < 4.78 is 0. The van der Waals surface area contributed by atoms with E-state index in [0.29, 0.717) is 27.8 Å². The number of nitriles is 1. The Bertz CT molecular complexity index is 1070. The van der Waals surface area contributed by atoms with Crippen LogP contribution in [0.1, 0.15) is 23.1 Å². The Kier molecular flexibility index (Phi) is 5.72. The number of carbonyl (C=O) groups is 1. The molecular weight excluding hydrogens is 408 g/mol. The number of halogens is 1. The van der Waals surface area contributed by atoms with Crippen LogP contribution in [0.15, 0.2) is 53.4 Å². The summed E-state index contributed by atoms with van der Waals surface area (Å²) in [4.78, 5) is 14.6. The Morgan fingerprint density at radius 3 is 2.75 bits per heavy atom. The van der Waals surface area contributed by atoms with Crippen LogP contribution in [0.4, 0.5) is 5.00 Å². The van der Waals surface area contributed by atoms with Gasteiger partial charge in [0.1, 0.15) is 11.1 Å². The van der Waals surface area contributed by atoms with Crippen LogP contribution in [-0.4, -0.2) is 11.7 Å². The van der Waals surface area contributed by atoms with E-state index in [1.54, 1.807) is 11.8 Å². The second-order valence-corrected chi connectivity index (χ2v) is 9.11. The lowest BCUT2D eigenvalue weighted by atomic mass is 9.90. The minimum atomic E-state index is -0.0650. The van der Waals surface area contributed by atoms with Gasteiger partial charge in [0, 0.05) is 27.0 Å². The molecule has 0 radical (unpaired) electrons. The molecule has 1 heterocycles. The summed E-state index contributed by atoms with van der Waals surface area (Å²) in [6.45, 7) is 0. The van der Waals surface area contributed by atoms with Crippen LogP contribution in [0.25, 0.3) is 10.4 Å². The van der Waals surface area contributed by atoms with Crippen molar-refractivity contribution in [2.24, 2.45) is 0 Å². The van der Waals surface area contributed by atoms with E-state index in [4.69, 9.17) is 11.6 Å². The Morgan fingerprint density at radius 2 is 1.96 bits per heavy atom. The summed E-state index contributed by atoms with van der Waals surface area (Å²) in [6.07, 6.45) is 2.16. The normalized spacial score (nSPS) is 12.0. The quantitative estimate of drug-likeness (QED) is 0.499. The molecule has 0 spiro atoms. The topological polar surface area (TPSA) is 52.9 Å². The number of carbonyl (C=O) groups excluding carboxylic acids is 1. The number of aryl methyl sites for hydroxylation is 1. The zero-order valence-electron chi connectivity index (χ0n) is 15.0. The molecule has 1 N–H and O–H groups in total. The number of thiophene rings is 1. The number of benzene rings is 2. The van der Waals surface area contributed by atoms with Gasteiger partial charge in [-0.05, 0) is 53.8 Å². The second-order valence-electron chi connectivity index (χ2n) is 6.48.